The highest BCUT2D eigenvalue weighted by atomic mass is 19.1. The first-order valence-corrected chi connectivity index (χ1v) is 11.4. The minimum absolute atomic E-state index is 0.00946. The summed E-state index contributed by atoms with van der Waals surface area (Å²) < 4.78 is 37.9. The molecule has 6 rings (SSSR count). The molecule has 3 aromatic heterocycles. The highest BCUT2D eigenvalue weighted by Crippen LogP contribution is 2.35. The number of carbonyl (C=O) groups excluding carboxylic acids is 1. The number of primary amides is 1. The number of hydrogen-bond donors (Lipinski definition) is 2. The van der Waals surface area contributed by atoms with Crippen molar-refractivity contribution < 1.29 is 18.1 Å². The minimum atomic E-state index is -0.834. The van der Waals surface area contributed by atoms with Gasteiger partial charge in [-0.05, 0) is 54.6 Å². The summed E-state index contributed by atoms with van der Waals surface area (Å²) in [6, 6.07) is 17.6. The first-order valence-electron chi connectivity index (χ1n) is 11.4. The van der Waals surface area contributed by atoms with Crippen LogP contribution in [0.5, 0.6) is 0 Å². The van der Waals surface area contributed by atoms with Gasteiger partial charge >= 0.3 is 0 Å². The highest BCUT2D eigenvalue weighted by Gasteiger charge is 2.23. The quantitative estimate of drug-likeness (QED) is 0.335. The molecule has 0 aliphatic carbocycles. The molecule has 188 valence electrons. The molecule has 1 amide bonds. The Labute approximate surface area is 213 Å². The summed E-state index contributed by atoms with van der Waals surface area (Å²) >= 11 is 0. The topological polar surface area (TPSA) is 129 Å². The van der Waals surface area contributed by atoms with Crippen LogP contribution in [0, 0.1) is 11.6 Å². The molecule has 11 heteroatoms. The van der Waals surface area contributed by atoms with Gasteiger partial charge in [0, 0.05) is 35.4 Å². The lowest BCUT2D eigenvalue weighted by Gasteiger charge is -2.19. The maximum atomic E-state index is 16.2. The first kappa shape index (κ1) is 23.1. The van der Waals surface area contributed by atoms with Crippen molar-refractivity contribution in [2.45, 2.75) is 0 Å². The summed E-state index contributed by atoms with van der Waals surface area (Å²) in [4.78, 5) is 18.1. The summed E-state index contributed by atoms with van der Waals surface area (Å²) in [6.45, 7) is 0. The summed E-state index contributed by atoms with van der Waals surface area (Å²) in [5, 5.41) is 8.67. The molecule has 4 N–H and O–H groups in total. The third-order valence-electron chi connectivity index (χ3n) is 6.37. The Hall–Kier alpha value is -5.32. The van der Waals surface area contributed by atoms with Gasteiger partial charge in [0.05, 0.1) is 11.1 Å². The van der Waals surface area contributed by atoms with E-state index in [-0.39, 0.29) is 33.5 Å². The van der Waals surface area contributed by atoms with Crippen molar-refractivity contribution in [3.8, 4) is 16.8 Å². The summed E-state index contributed by atoms with van der Waals surface area (Å²) in [6.07, 6.45) is 1.64. The first-order chi connectivity index (χ1) is 18.3. The third-order valence-corrected chi connectivity index (χ3v) is 6.37. The normalized spacial score (nSPS) is 11.3. The number of fused-ring (bicyclic) bond motifs is 2. The second-order valence-electron chi connectivity index (χ2n) is 8.61. The Kier molecular flexibility index (Phi) is 5.26. The average molecular weight is 511 g/mol. The smallest absolute Gasteiger partial charge is 0.269 e. The molecule has 0 aliphatic heterocycles. The van der Waals surface area contributed by atoms with E-state index in [1.165, 1.54) is 28.9 Å². The lowest BCUT2D eigenvalue weighted by Crippen LogP contribution is -2.12. The zero-order valence-corrected chi connectivity index (χ0v) is 19.9. The second-order valence-corrected chi connectivity index (χ2v) is 8.61. The van der Waals surface area contributed by atoms with Crippen molar-refractivity contribution in [1.82, 2.24) is 19.9 Å². The van der Waals surface area contributed by atoms with Crippen molar-refractivity contribution in [2.24, 2.45) is 5.73 Å². The number of benzene rings is 3. The Morgan fingerprint density at radius 2 is 1.82 bits per heavy atom. The van der Waals surface area contributed by atoms with Gasteiger partial charge in [0.1, 0.15) is 17.2 Å². The number of hydrogen-bond acceptors (Lipinski definition) is 7. The van der Waals surface area contributed by atoms with Crippen molar-refractivity contribution in [3.63, 3.8) is 0 Å². The number of carbonyl (C=O) groups is 1. The largest absolute Gasteiger partial charge is 0.380 e. The Morgan fingerprint density at radius 1 is 1.00 bits per heavy atom. The number of rotatable bonds is 5. The molecule has 0 spiro atoms. The van der Waals surface area contributed by atoms with Crippen molar-refractivity contribution in [1.29, 1.82) is 0 Å². The fourth-order valence-corrected chi connectivity index (χ4v) is 4.44. The SMILES string of the molecule is CN(c1ccc(-c2ccc3c(C(N)=O)nn(-c4ccc5onc(N)c5c4)c3c2F)c(F)c1)c1ccccn1. The van der Waals surface area contributed by atoms with Gasteiger partial charge in [0.2, 0.25) is 0 Å². The average Bonchev–Trinajstić information content (AvgIpc) is 3.50. The van der Waals surface area contributed by atoms with Crippen molar-refractivity contribution >= 4 is 45.1 Å². The lowest BCUT2D eigenvalue weighted by atomic mass is 10.0. The van der Waals surface area contributed by atoms with Crippen molar-refractivity contribution in [2.75, 3.05) is 17.7 Å². The molecule has 38 heavy (non-hydrogen) atoms. The number of pyridine rings is 1. The number of halogens is 2. The maximum Gasteiger partial charge on any atom is 0.269 e. The molecule has 0 radical (unpaired) electrons. The molecular weight excluding hydrogens is 492 g/mol. The number of nitrogen functional groups attached to an aromatic ring is 1. The fourth-order valence-electron chi connectivity index (χ4n) is 4.44. The van der Waals surface area contributed by atoms with Crippen LogP contribution in [0.15, 0.2) is 77.4 Å². The predicted molar refractivity (Wildman–Crippen MR) is 139 cm³/mol. The molecule has 9 nitrogen and oxygen atoms in total. The molecule has 6 aromatic rings. The number of amides is 1. The van der Waals surface area contributed by atoms with Crippen LogP contribution in [0.4, 0.5) is 26.1 Å². The fraction of sp³-hybridized carbons (Fsp3) is 0.0370. The molecule has 0 bridgehead atoms. The van der Waals surface area contributed by atoms with E-state index < -0.39 is 17.5 Å². The van der Waals surface area contributed by atoms with Crippen molar-refractivity contribution in [3.05, 3.63) is 90.3 Å². The van der Waals surface area contributed by atoms with E-state index >= 15 is 8.78 Å². The van der Waals surface area contributed by atoms with E-state index in [1.807, 2.05) is 6.07 Å². The van der Waals surface area contributed by atoms with Gasteiger partial charge in [-0.25, -0.2) is 18.4 Å². The van der Waals surface area contributed by atoms with Crippen LogP contribution in [0.2, 0.25) is 0 Å². The van der Waals surface area contributed by atoms with Crippen LogP contribution in [0.1, 0.15) is 10.5 Å². The lowest BCUT2D eigenvalue weighted by molar-refractivity contribution is 0.0996. The van der Waals surface area contributed by atoms with Crippen LogP contribution >= 0.6 is 0 Å². The van der Waals surface area contributed by atoms with Crippen LogP contribution in [0.25, 0.3) is 38.7 Å². The molecule has 0 atom stereocenters. The minimum Gasteiger partial charge on any atom is -0.380 e. The van der Waals surface area contributed by atoms with E-state index in [2.05, 4.69) is 15.2 Å². The number of nitrogens with zero attached hydrogens (tertiary/aromatic N) is 5. The summed E-state index contributed by atoms with van der Waals surface area (Å²) in [7, 11) is 1.76. The van der Waals surface area contributed by atoms with Gasteiger partial charge < -0.3 is 20.9 Å². The Morgan fingerprint density at radius 3 is 2.55 bits per heavy atom. The molecule has 0 saturated heterocycles. The van der Waals surface area contributed by atoms with Gasteiger partial charge in [0.25, 0.3) is 5.91 Å². The van der Waals surface area contributed by atoms with Gasteiger partial charge in [-0.15, -0.1) is 0 Å². The summed E-state index contributed by atoms with van der Waals surface area (Å²) in [5.74, 6) is -1.47. The standard InChI is InChI=1S/C27H19F2N7O2/c1-35(22-4-2-3-11-32-22)14-5-7-16(20(28)13-14)17-8-9-18-24(27(31)37)33-36(25(18)23(17)29)15-6-10-21-19(12-15)26(30)34-38-21/h2-13H,1H3,(H2,30,34)(H2,31,37). The molecule has 0 unspecified atom stereocenters. The van der Waals surface area contributed by atoms with Crippen LogP contribution in [0.3, 0.4) is 0 Å². The number of nitrogens with two attached hydrogens (primary N) is 2. The Bertz CT molecular complexity index is 1860. The van der Waals surface area contributed by atoms with E-state index in [0.29, 0.717) is 28.2 Å². The van der Waals surface area contributed by atoms with E-state index in [0.717, 1.165) is 0 Å². The van der Waals surface area contributed by atoms with Gasteiger partial charge in [0.15, 0.2) is 22.9 Å². The highest BCUT2D eigenvalue weighted by molar-refractivity contribution is 6.05. The zero-order chi connectivity index (χ0) is 26.6. The molecule has 0 aliphatic rings. The van der Waals surface area contributed by atoms with Gasteiger partial charge in [-0.1, -0.05) is 17.3 Å². The van der Waals surface area contributed by atoms with E-state index in [1.54, 1.807) is 54.5 Å². The van der Waals surface area contributed by atoms with E-state index in [9.17, 15) is 4.79 Å². The number of anilines is 3. The van der Waals surface area contributed by atoms with Crippen LogP contribution in [-0.2, 0) is 0 Å². The molecular formula is C27H19F2N7O2. The third kappa shape index (κ3) is 3.60. The van der Waals surface area contributed by atoms with Gasteiger partial charge in [-0.2, -0.15) is 5.10 Å². The van der Waals surface area contributed by atoms with Gasteiger partial charge in [-0.3, -0.25) is 4.79 Å². The Balaban J connectivity index is 1.51. The van der Waals surface area contributed by atoms with E-state index in [4.69, 9.17) is 16.0 Å². The molecule has 3 heterocycles. The zero-order valence-electron chi connectivity index (χ0n) is 19.9. The molecule has 3 aromatic carbocycles. The number of aromatic nitrogens is 4. The van der Waals surface area contributed by atoms with Crippen LogP contribution in [-0.4, -0.2) is 32.9 Å². The maximum absolute atomic E-state index is 16.2. The predicted octanol–water partition coefficient (Wildman–Crippen LogP) is 4.96. The molecule has 0 saturated carbocycles. The molecule has 0 fully saturated rings. The monoisotopic (exact) mass is 511 g/mol. The van der Waals surface area contributed by atoms with Crippen LogP contribution < -0.4 is 16.4 Å². The second kappa shape index (κ2) is 8.66. The summed E-state index contributed by atoms with van der Waals surface area (Å²) in [5.41, 5.74) is 12.6.